The second kappa shape index (κ2) is 4.76. The van der Waals surface area contributed by atoms with E-state index < -0.39 is 0 Å². The first-order chi connectivity index (χ1) is 7.66. The highest BCUT2D eigenvalue weighted by Gasteiger charge is 2.10. The van der Waals surface area contributed by atoms with Crippen LogP contribution in [0, 0.1) is 5.82 Å². The zero-order valence-electron chi connectivity index (χ0n) is 8.04. The molecule has 16 heavy (non-hydrogen) atoms. The van der Waals surface area contributed by atoms with Gasteiger partial charge in [0.1, 0.15) is 5.82 Å². The van der Waals surface area contributed by atoms with E-state index >= 15 is 0 Å². The fourth-order valence-corrected chi connectivity index (χ4v) is 2.33. The third kappa shape index (κ3) is 2.48. The standard InChI is InChI=1S/C11H7BrFNOS/c12-10-5-7(13)1-2-9(10)11(15)14-8-3-4-16-6-8/h1-6H,(H,14,15). The van der Waals surface area contributed by atoms with Crippen LogP contribution in [0.5, 0.6) is 0 Å². The number of anilines is 1. The van der Waals surface area contributed by atoms with Gasteiger partial charge in [-0.25, -0.2) is 4.39 Å². The summed E-state index contributed by atoms with van der Waals surface area (Å²) in [6.07, 6.45) is 0. The van der Waals surface area contributed by atoms with E-state index in [0.29, 0.717) is 10.0 Å². The topological polar surface area (TPSA) is 29.1 Å². The zero-order chi connectivity index (χ0) is 11.5. The summed E-state index contributed by atoms with van der Waals surface area (Å²) in [6.45, 7) is 0. The molecule has 0 spiro atoms. The lowest BCUT2D eigenvalue weighted by atomic mass is 10.2. The first kappa shape index (κ1) is 11.3. The van der Waals surface area contributed by atoms with Crippen molar-refractivity contribution in [3.05, 3.63) is 50.9 Å². The molecule has 0 aliphatic rings. The first-order valence-corrected chi connectivity index (χ1v) is 6.19. The van der Waals surface area contributed by atoms with E-state index in [1.54, 1.807) is 6.07 Å². The Morgan fingerprint density at radius 2 is 2.19 bits per heavy atom. The highest BCUT2D eigenvalue weighted by molar-refractivity contribution is 9.10. The lowest BCUT2D eigenvalue weighted by molar-refractivity contribution is 0.102. The molecule has 0 aliphatic carbocycles. The Hall–Kier alpha value is -1.20. The lowest BCUT2D eigenvalue weighted by Crippen LogP contribution is -2.12. The van der Waals surface area contributed by atoms with Crippen molar-refractivity contribution in [2.45, 2.75) is 0 Å². The molecule has 0 bridgehead atoms. The molecule has 1 amide bonds. The maximum Gasteiger partial charge on any atom is 0.256 e. The van der Waals surface area contributed by atoms with Crippen LogP contribution in [-0.4, -0.2) is 5.91 Å². The van der Waals surface area contributed by atoms with Crippen molar-refractivity contribution in [3.63, 3.8) is 0 Å². The van der Waals surface area contributed by atoms with Crippen molar-refractivity contribution >= 4 is 38.9 Å². The molecule has 0 saturated carbocycles. The van der Waals surface area contributed by atoms with Gasteiger partial charge in [0, 0.05) is 9.85 Å². The van der Waals surface area contributed by atoms with Gasteiger partial charge < -0.3 is 5.32 Å². The summed E-state index contributed by atoms with van der Waals surface area (Å²) < 4.78 is 13.3. The van der Waals surface area contributed by atoms with Crippen LogP contribution in [0.4, 0.5) is 10.1 Å². The number of nitrogens with one attached hydrogen (secondary N) is 1. The van der Waals surface area contributed by atoms with Gasteiger partial charge in [-0.3, -0.25) is 4.79 Å². The smallest absolute Gasteiger partial charge is 0.256 e. The molecule has 82 valence electrons. The monoisotopic (exact) mass is 299 g/mol. The number of hydrogen-bond donors (Lipinski definition) is 1. The Balaban J connectivity index is 2.21. The van der Waals surface area contributed by atoms with E-state index in [1.807, 2.05) is 10.8 Å². The minimum atomic E-state index is -0.376. The predicted molar refractivity (Wildman–Crippen MR) is 66.4 cm³/mol. The van der Waals surface area contributed by atoms with Crippen LogP contribution < -0.4 is 5.32 Å². The van der Waals surface area contributed by atoms with Gasteiger partial charge in [-0.1, -0.05) is 0 Å². The first-order valence-electron chi connectivity index (χ1n) is 4.45. The summed E-state index contributed by atoms with van der Waals surface area (Å²) in [5.74, 6) is -0.635. The summed E-state index contributed by atoms with van der Waals surface area (Å²) in [5.41, 5.74) is 1.15. The number of carbonyl (C=O) groups is 1. The van der Waals surface area contributed by atoms with Gasteiger partial charge in [-0.15, -0.1) is 0 Å². The molecule has 0 atom stereocenters. The van der Waals surface area contributed by atoms with Gasteiger partial charge in [-0.05, 0) is 45.6 Å². The minimum Gasteiger partial charge on any atom is -0.321 e. The van der Waals surface area contributed by atoms with Crippen LogP contribution in [0.2, 0.25) is 0 Å². The Morgan fingerprint density at radius 3 is 2.81 bits per heavy atom. The molecular weight excluding hydrogens is 293 g/mol. The quantitative estimate of drug-likeness (QED) is 0.895. The molecule has 2 rings (SSSR count). The van der Waals surface area contributed by atoms with E-state index in [1.165, 1.54) is 29.5 Å². The number of benzene rings is 1. The average Bonchev–Trinajstić information content (AvgIpc) is 2.70. The number of hydrogen-bond acceptors (Lipinski definition) is 2. The molecule has 1 aromatic heterocycles. The Labute approximate surface area is 104 Å². The van der Waals surface area contributed by atoms with E-state index in [0.717, 1.165) is 5.69 Å². The van der Waals surface area contributed by atoms with E-state index in [4.69, 9.17) is 0 Å². The molecule has 0 fully saturated rings. The number of rotatable bonds is 2. The molecule has 0 saturated heterocycles. The molecule has 0 aliphatic heterocycles. The number of thiophene rings is 1. The van der Waals surface area contributed by atoms with Gasteiger partial charge in [0.15, 0.2) is 0 Å². The number of halogens is 2. The summed E-state index contributed by atoms with van der Waals surface area (Å²) in [5, 5.41) is 6.42. The van der Waals surface area contributed by atoms with E-state index in [9.17, 15) is 9.18 Å². The van der Waals surface area contributed by atoms with E-state index in [2.05, 4.69) is 21.2 Å². The molecule has 1 aromatic carbocycles. The highest BCUT2D eigenvalue weighted by Crippen LogP contribution is 2.20. The van der Waals surface area contributed by atoms with Gasteiger partial charge in [0.2, 0.25) is 0 Å². The summed E-state index contributed by atoms with van der Waals surface area (Å²) in [4.78, 5) is 11.8. The highest BCUT2D eigenvalue weighted by atomic mass is 79.9. The fourth-order valence-electron chi connectivity index (χ4n) is 1.21. The van der Waals surface area contributed by atoms with Crippen molar-refractivity contribution in [1.29, 1.82) is 0 Å². The molecule has 1 heterocycles. The largest absolute Gasteiger partial charge is 0.321 e. The van der Waals surface area contributed by atoms with Crippen molar-refractivity contribution in [3.8, 4) is 0 Å². The van der Waals surface area contributed by atoms with E-state index in [-0.39, 0.29) is 11.7 Å². The number of carbonyl (C=O) groups excluding carboxylic acids is 1. The van der Waals surface area contributed by atoms with Gasteiger partial charge in [0.05, 0.1) is 11.3 Å². The predicted octanol–water partition coefficient (Wildman–Crippen LogP) is 3.90. The molecule has 0 radical (unpaired) electrons. The normalized spacial score (nSPS) is 10.1. The molecule has 0 unspecified atom stereocenters. The minimum absolute atomic E-state index is 0.259. The second-order valence-electron chi connectivity index (χ2n) is 3.09. The van der Waals surface area contributed by atoms with Crippen molar-refractivity contribution in [1.82, 2.24) is 0 Å². The second-order valence-corrected chi connectivity index (χ2v) is 4.72. The average molecular weight is 300 g/mol. The molecular formula is C11H7BrFNOS. The number of amides is 1. The summed E-state index contributed by atoms with van der Waals surface area (Å²) >= 11 is 4.65. The molecule has 5 heteroatoms. The maximum absolute atomic E-state index is 12.8. The fraction of sp³-hybridized carbons (Fsp3) is 0. The zero-order valence-corrected chi connectivity index (χ0v) is 10.4. The molecule has 1 N–H and O–H groups in total. The van der Waals surface area contributed by atoms with Crippen molar-refractivity contribution in [2.24, 2.45) is 0 Å². The Kier molecular flexibility index (Phi) is 3.36. The lowest BCUT2D eigenvalue weighted by Gasteiger charge is -2.04. The summed E-state index contributed by atoms with van der Waals surface area (Å²) in [7, 11) is 0. The van der Waals surface area contributed by atoms with Crippen LogP contribution >= 0.6 is 27.3 Å². The molecule has 2 nitrogen and oxygen atoms in total. The molecule has 2 aromatic rings. The van der Waals surface area contributed by atoms with Crippen LogP contribution in [0.25, 0.3) is 0 Å². The third-order valence-corrected chi connectivity index (χ3v) is 3.29. The summed E-state index contributed by atoms with van der Waals surface area (Å²) in [6, 6.07) is 5.77. The van der Waals surface area contributed by atoms with Crippen LogP contribution in [0.3, 0.4) is 0 Å². The van der Waals surface area contributed by atoms with Crippen LogP contribution in [0.15, 0.2) is 39.5 Å². The van der Waals surface area contributed by atoms with Crippen LogP contribution in [-0.2, 0) is 0 Å². The van der Waals surface area contributed by atoms with Gasteiger partial charge in [0.25, 0.3) is 5.91 Å². The SMILES string of the molecule is O=C(Nc1ccsc1)c1ccc(F)cc1Br. The van der Waals surface area contributed by atoms with Crippen LogP contribution in [0.1, 0.15) is 10.4 Å². The maximum atomic E-state index is 12.8. The Morgan fingerprint density at radius 1 is 1.38 bits per heavy atom. The Bertz CT molecular complexity index is 513. The van der Waals surface area contributed by atoms with Crippen molar-refractivity contribution in [2.75, 3.05) is 5.32 Å². The van der Waals surface area contributed by atoms with Gasteiger partial charge >= 0.3 is 0 Å². The van der Waals surface area contributed by atoms with Gasteiger partial charge in [-0.2, -0.15) is 11.3 Å². The van der Waals surface area contributed by atoms with Crippen molar-refractivity contribution < 1.29 is 9.18 Å². The third-order valence-electron chi connectivity index (χ3n) is 1.95.